The molecule has 0 radical (unpaired) electrons. The number of amides is 1. The van der Waals surface area contributed by atoms with E-state index in [4.69, 9.17) is 0 Å². The summed E-state index contributed by atoms with van der Waals surface area (Å²) in [7, 11) is 0. The highest BCUT2D eigenvalue weighted by atomic mass is 19.4. The van der Waals surface area contributed by atoms with E-state index in [0.717, 1.165) is 10.7 Å². The lowest BCUT2D eigenvalue weighted by Gasteiger charge is -2.14. The fourth-order valence-corrected chi connectivity index (χ4v) is 2.16. The van der Waals surface area contributed by atoms with Crippen LogP contribution < -0.4 is 5.32 Å². The van der Waals surface area contributed by atoms with Gasteiger partial charge in [0, 0.05) is 12.4 Å². The van der Waals surface area contributed by atoms with Gasteiger partial charge >= 0.3 is 6.18 Å². The Morgan fingerprint density at radius 3 is 2.23 bits per heavy atom. The summed E-state index contributed by atoms with van der Waals surface area (Å²) in [4.78, 5) is 15.9. The normalized spacial score (nSPS) is 11.8. The van der Waals surface area contributed by atoms with Gasteiger partial charge in [0.25, 0.3) is 5.91 Å². The molecule has 0 aliphatic heterocycles. The van der Waals surface area contributed by atoms with Crippen LogP contribution >= 0.6 is 0 Å². The van der Waals surface area contributed by atoms with Gasteiger partial charge in [-0.15, -0.1) is 0 Å². The maximum absolute atomic E-state index is 13.8. The number of hydrogen-bond acceptors (Lipinski definition) is 3. The zero-order valence-electron chi connectivity index (χ0n) is 12.2. The van der Waals surface area contributed by atoms with Crippen LogP contribution in [0.4, 0.5) is 36.4 Å². The van der Waals surface area contributed by atoms with Gasteiger partial charge in [-0.3, -0.25) is 4.79 Å². The van der Waals surface area contributed by atoms with Gasteiger partial charge in [0.2, 0.25) is 0 Å². The van der Waals surface area contributed by atoms with Crippen molar-refractivity contribution < 1.29 is 35.5 Å². The molecule has 0 saturated carbocycles. The molecule has 0 spiro atoms. The summed E-state index contributed by atoms with van der Waals surface area (Å²) in [5, 5.41) is 5.22. The maximum atomic E-state index is 13.8. The van der Waals surface area contributed by atoms with Crippen molar-refractivity contribution in [2.75, 3.05) is 5.32 Å². The highest BCUT2D eigenvalue weighted by Crippen LogP contribution is 2.38. The Hall–Kier alpha value is -3.18. The first-order valence-corrected chi connectivity index (χ1v) is 6.65. The first kappa shape index (κ1) is 17.6. The number of nitrogens with one attached hydrogen (secondary N) is 1. The van der Waals surface area contributed by atoms with Crippen LogP contribution in [-0.4, -0.2) is 20.5 Å². The van der Waals surface area contributed by atoms with Gasteiger partial charge in [-0.1, -0.05) is 0 Å². The third-order valence-corrected chi connectivity index (χ3v) is 3.31. The average Bonchev–Trinajstić information content (AvgIpc) is 3.00. The summed E-state index contributed by atoms with van der Waals surface area (Å²) in [5.74, 6) is -11.4. The first-order chi connectivity index (χ1) is 12.1. The number of rotatable bonds is 2. The van der Waals surface area contributed by atoms with Gasteiger partial charge < -0.3 is 5.32 Å². The lowest BCUT2D eigenvalue weighted by Crippen LogP contribution is -2.20. The monoisotopic (exact) mass is 378 g/mol. The van der Waals surface area contributed by atoms with Crippen LogP contribution in [-0.2, 0) is 6.18 Å². The van der Waals surface area contributed by atoms with E-state index >= 15 is 0 Å². The molecular formula is C14H5F7N4O. The van der Waals surface area contributed by atoms with Gasteiger partial charge in [-0.25, -0.2) is 27.1 Å². The van der Waals surface area contributed by atoms with Gasteiger partial charge in [0.15, 0.2) is 28.9 Å². The number of nitrogens with zero attached hydrogens (tertiary/aromatic N) is 3. The molecule has 0 bridgehead atoms. The Morgan fingerprint density at radius 2 is 1.65 bits per heavy atom. The van der Waals surface area contributed by atoms with E-state index in [9.17, 15) is 35.5 Å². The molecule has 0 unspecified atom stereocenters. The molecule has 0 aliphatic carbocycles. The van der Waals surface area contributed by atoms with Crippen molar-refractivity contribution in [1.82, 2.24) is 14.6 Å². The van der Waals surface area contributed by atoms with Gasteiger partial charge in [0.05, 0.1) is 6.20 Å². The number of aromatic nitrogens is 3. The number of hydrogen-bond donors (Lipinski definition) is 1. The predicted octanol–water partition coefficient (Wildman–Crippen LogP) is 3.56. The summed E-state index contributed by atoms with van der Waals surface area (Å²) in [5.41, 5.74) is -4.82. The van der Waals surface area contributed by atoms with E-state index in [2.05, 4.69) is 10.1 Å². The van der Waals surface area contributed by atoms with E-state index in [0.29, 0.717) is 0 Å². The standard InChI is InChI=1S/C14H5F7N4O/c15-7-6(14(19,20)21)8(16)10(18)11(9(7)17)24-13(26)5-4-23-25-3-1-2-22-12(5)25/h1-4H,(H,24,26). The zero-order valence-corrected chi connectivity index (χ0v) is 12.2. The largest absolute Gasteiger partial charge is 0.422 e. The first-order valence-electron chi connectivity index (χ1n) is 6.65. The zero-order chi connectivity index (χ0) is 19.2. The molecule has 12 heteroatoms. The molecule has 0 fully saturated rings. The number of fused-ring (bicyclic) bond motifs is 1. The summed E-state index contributed by atoms with van der Waals surface area (Å²) in [6.07, 6.45) is -2.07. The van der Waals surface area contributed by atoms with E-state index < -0.39 is 46.6 Å². The Kier molecular flexibility index (Phi) is 4.05. The quantitative estimate of drug-likeness (QED) is 0.548. The third kappa shape index (κ3) is 2.72. The van der Waals surface area contributed by atoms with Crippen molar-refractivity contribution in [3.05, 3.63) is 59.1 Å². The fraction of sp³-hybridized carbons (Fsp3) is 0.0714. The van der Waals surface area contributed by atoms with Crippen molar-refractivity contribution in [2.45, 2.75) is 6.18 Å². The Labute approximate surface area is 139 Å². The lowest BCUT2D eigenvalue weighted by atomic mass is 10.1. The molecule has 0 saturated heterocycles. The fourth-order valence-electron chi connectivity index (χ4n) is 2.16. The lowest BCUT2D eigenvalue weighted by molar-refractivity contribution is -0.143. The van der Waals surface area contributed by atoms with Crippen molar-refractivity contribution in [2.24, 2.45) is 0 Å². The number of anilines is 1. The minimum Gasteiger partial charge on any atom is -0.317 e. The summed E-state index contributed by atoms with van der Waals surface area (Å²) < 4.78 is 93.5. The third-order valence-electron chi connectivity index (χ3n) is 3.31. The van der Waals surface area contributed by atoms with Crippen LogP contribution in [0.25, 0.3) is 5.65 Å². The molecule has 26 heavy (non-hydrogen) atoms. The summed E-state index contributed by atoms with van der Waals surface area (Å²) >= 11 is 0. The minimum absolute atomic E-state index is 0.0568. The molecular weight excluding hydrogens is 373 g/mol. The Bertz CT molecular complexity index is 999. The number of benzene rings is 1. The summed E-state index contributed by atoms with van der Waals surface area (Å²) in [6, 6.07) is 1.46. The molecule has 3 rings (SSSR count). The summed E-state index contributed by atoms with van der Waals surface area (Å²) in [6.45, 7) is 0. The Balaban J connectivity index is 2.07. The van der Waals surface area contributed by atoms with Gasteiger partial charge in [-0.05, 0) is 6.07 Å². The second-order valence-corrected chi connectivity index (χ2v) is 4.90. The highest BCUT2D eigenvalue weighted by Gasteiger charge is 2.42. The molecule has 2 heterocycles. The second-order valence-electron chi connectivity index (χ2n) is 4.90. The molecule has 0 aliphatic rings. The topological polar surface area (TPSA) is 59.3 Å². The maximum Gasteiger partial charge on any atom is 0.422 e. The molecule has 2 aromatic heterocycles. The molecule has 0 atom stereocenters. The molecule has 1 aromatic carbocycles. The van der Waals surface area contributed by atoms with Crippen LogP contribution in [0.15, 0.2) is 24.7 Å². The second kappa shape index (κ2) is 5.97. The van der Waals surface area contributed by atoms with Crippen molar-refractivity contribution >= 4 is 17.2 Å². The number of alkyl halides is 3. The van der Waals surface area contributed by atoms with E-state index in [1.807, 2.05) is 0 Å². The van der Waals surface area contributed by atoms with E-state index in [-0.39, 0.29) is 11.2 Å². The number of halogens is 7. The average molecular weight is 378 g/mol. The highest BCUT2D eigenvalue weighted by molar-refractivity contribution is 6.08. The van der Waals surface area contributed by atoms with Crippen LogP contribution in [0.1, 0.15) is 15.9 Å². The SMILES string of the molecule is O=C(Nc1c(F)c(F)c(C(F)(F)F)c(F)c1F)c1cnn2cccnc12. The van der Waals surface area contributed by atoms with Crippen LogP contribution in [0.5, 0.6) is 0 Å². The smallest absolute Gasteiger partial charge is 0.317 e. The van der Waals surface area contributed by atoms with Crippen molar-refractivity contribution in [3.63, 3.8) is 0 Å². The molecule has 5 nitrogen and oxygen atoms in total. The molecule has 1 amide bonds. The number of carbonyl (C=O) groups excluding carboxylic acids is 1. The van der Waals surface area contributed by atoms with Gasteiger partial charge in [0.1, 0.15) is 16.8 Å². The van der Waals surface area contributed by atoms with E-state index in [1.165, 1.54) is 23.8 Å². The van der Waals surface area contributed by atoms with Crippen LogP contribution in [0.3, 0.4) is 0 Å². The minimum atomic E-state index is -5.68. The van der Waals surface area contributed by atoms with Crippen LogP contribution in [0, 0.1) is 23.3 Å². The van der Waals surface area contributed by atoms with E-state index in [1.54, 1.807) is 0 Å². The van der Waals surface area contributed by atoms with Gasteiger partial charge in [-0.2, -0.15) is 18.3 Å². The molecule has 136 valence electrons. The van der Waals surface area contributed by atoms with Crippen molar-refractivity contribution in [1.29, 1.82) is 0 Å². The van der Waals surface area contributed by atoms with Crippen LogP contribution in [0.2, 0.25) is 0 Å². The predicted molar refractivity (Wildman–Crippen MR) is 72.2 cm³/mol. The molecule has 1 N–H and O–H groups in total. The number of carbonyl (C=O) groups is 1. The molecule has 3 aromatic rings. The van der Waals surface area contributed by atoms with Crippen molar-refractivity contribution in [3.8, 4) is 0 Å². The Morgan fingerprint density at radius 1 is 1.04 bits per heavy atom.